The molecule has 1 rings (SSSR count). The van der Waals surface area contributed by atoms with Crippen molar-refractivity contribution in [2.24, 2.45) is 0 Å². The number of rotatable bonds is 4. The van der Waals surface area contributed by atoms with Gasteiger partial charge in [-0.3, -0.25) is 0 Å². The zero-order valence-corrected chi connectivity index (χ0v) is 9.21. The summed E-state index contributed by atoms with van der Waals surface area (Å²) in [5.41, 5.74) is -0.355. The molecule has 2 N–H and O–H groups in total. The van der Waals surface area contributed by atoms with Gasteiger partial charge in [-0.15, -0.1) is 11.6 Å². The molecule has 0 amide bonds. The molecule has 1 aromatic carbocycles. The van der Waals surface area contributed by atoms with Crippen LogP contribution in [0.1, 0.15) is 11.7 Å². The van der Waals surface area contributed by atoms with E-state index in [1.54, 1.807) is 0 Å². The lowest BCUT2D eigenvalue weighted by Crippen LogP contribution is -2.21. The third kappa shape index (κ3) is 2.42. The topological polar surface area (TPSA) is 49.7 Å². The van der Waals surface area contributed by atoms with Gasteiger partial charge in [0.25, 0.3) is 0 Å². The van der Waals surface area contributed by atoms with Gasteiger partial charge < -0.3 is 14.9 Å². The zero-order valence-electron chi connectivity index (χ0n) is 8.45. The quantitative estimate of drug-likeness (QED) is 0.801. The van der Waals surface area contributed by atoms with E-state index >= 15 is 0 Å². The van der Waals surface area contributed by atoms with Crippen molar-refractivity contribution in [1.29, 1.82) is 0 Å². The molecule has 16 heavy (non-hydrogen) atoms. The highest BCUT2D eigenvalue weighted by atomic mass is 35.5. The van der Waals surface area contributed by atoms with Crippen molar-refractivity contribution in [1.82, 2.24) is 0 Å². The third-order valence-corrected chi connectivity index (χ3v) is 2.45. The van der Waals surface area contributed by atoms with E-state index in [2.05, 4.69) is 4.74 Å². The van der Waals surface area contributed by atoms with E-state index in [0.29, 0.717) is 0 Å². The van der Waals surface area contributed by atoms with Crippen LogP contribution in [0.15, 0.2) is 12.1 Å². The maximum Gasteiger partial charge on any atom is 0.200 e. The number of halogens is 3. The van der Waals surface area contributed by atoms with Gasteiger partial charge in [0.2, 0.25) is 5.82 Å². The second kappa shape index (κ2) is 5.43. The highest BCUT2D eigenvalue weighted by Crippen LogP contribution is 2.28. The SMILES string of the molecule is COc1ccc(C(O)C(O)CCl)c(F)c1F. The van der Waals surface area contributed by atoms with Crippen molar-refractivity contribution in [3.05, 3.63) is 29.3 Å². The Hall–Kier alpha value is -0.910. The van der Waals surface area contributed by atoms with E-state index < -0.39 is 23.8 Å². The molecule has 2 atom stereocenters. The van der Waals surface area contributed by atoms with Gasteiger partial charge >= 0.3 is 0 Å². The summed E-state index contributed by atoms with van der Waals surface area (Å²) in [5.74, 6) is -3.01. The number of benzene rings is 1. The molecule has 0 heterocycles. The van der Waals surface area contributed by atoms with Gasteiger partial charge in [-0.25, -0.2) is 4.39 Å². The van der Waals surface area contributed by atoms with E-state index in [-0.39, 0.29) is 17.2 Å². The Bertz CT molecular complexity index is 373. The van der Waals surface area contributed by atoms with Crippen molar-refractivity contribution >= 4 is 11.6 Å². The molecule has 0 saturated carbocycles. The minimum atomic E-state index is -1.57. The molecule has 3 nitrogen and oxygen atoms in total. The van der Waals surface area contributed by atoms with Crippen LogP contribution in [0.4, 0.5) is 8.78 Å². The summed E-state index contributed by atoms with van der Waals surface area (Å²) in [7, 11) is 1.20. The first-order chi connectivity index (χ1) is 7.52. The van der Waals surface area contributed by atoms with Gasteiger partial charge in [-0.2, -0.15) is 4.39 Å². The van der Waals surface area contributed by atoms with Crippen LogP contribution in [0.25, 0.3) is 0 Å². The van der Waals surface area contributed by atoms with E-state index in [0.717, 1.165) is 12.1 Å². The van der Waals surface area contributed by atoms with Crippen LogP contribution in [0, 0.1) is 11.6 Å². The van der Waals surface area contributed by atoms with Crippen molar-refractivity contribution in [3.8, 4) is 5.75 Å². The molecule has 0 aliphatic rings. The van der Waals surface area contributed by atoms with Gasteiger partial charge in [0.1, 0.15) is 6.10 Å². The van der Waals surface area contributed by atoms with Gasteiger partial charge in [0.15, 0.2) is 11.6 Å². The Morgan fingerprint density at radius 2 is 1.94 bits per heavy atom. The average molecular weight is 253 g/mol. The number of aliphatic hydroxyl groups excluding tert-OH is 2. The fourth-order valence-electron chi connectivity index (χ4n) is 1.22. The van der Waals surface area contributed by atoms with Crippen LogP contribution in [0.3, 0.4) is 0 Å². The standard InChI is InChI=1S/C10H11ClF2O3/c1-16-7-3-2-5(8(12)9(7)13)10(15)6(14)4-11/h2-3,6,10,14-15H,4H2,1H3. The molecular weight excluding hydrogens is 242 g/mol. The molecule has 2 unspecified atom stereocenters. The van der Waals surface area contributed by atoms with Crippen molar-refractivity contribution in [2.75, 3.05) is 13.0 Å². The summed E-state index contributed by atoms with van der Waals surface area (Å²) in [6, 6.07) is 2.30. The van der Waals surface area contributed by atoms with E-state index in [1.165, 1.54) is 7.11 Å². The first kappa shape index (κ1) is 13.2. The molecule has 0 bridgehead atoms. The van der Waals surface area contributed by atoms with Crippen LogP contribution in [-0.4, -0.2) is 29.3 Å². The lowest BCUT2D eigenvalue weighted by molar-refractivity contribution is 0.0300. The monoisotopic (exact) mass is 252 g/mol. The number of ether oxygens (including phenoxy) is 1. The molecule has 1 aromatic rings. The Kier molecular flexibility index (Phi) is 4.46. The molecule has 6 heteroatoms. The zero-order chi connectivity index (χ0) is 12.3. The highest BCUT2D eigenvalue weighted by Gasteiger charge is 2.24. The second-order valence-electron chi connectivity index (χ2n) is 3.15. The fraction of sp³-hybridized carbons (Fsp3) is 0.400. The number of aliphatic hydroxyl groups is 2. The van der Waals surface area contributed by atoms with E-state index in [1.807, 2.05) is 0 Å². The number of hydrogen-bond acceptors (Lipinski definition) is 3. The van der Waals surface area contributed by atoms with Gasteiger partial charge in [-0.1, -0.05) is 0 Å². The molecule has 0 aliphatic heterocycles. The molecule has 0 aromatic heterocycles. The first-order valence-electron chi connectivity index (χ1n) is 4.46. The number of hydrogen-bond donors (Lipinski definition) is 2. The third-order valence-electron chi connectivity index (χ3n) is 2.14. The number of alkyl halides is 1. The summed E-state index contributed by atoms with van der Waals surface area (Å²) in [6.45, 7) is 0. The summed E-state index contributed by atoms with van der Waals surface area (Å²) < 4.78 is 31.3. The van der Waals surface area contributed by atoms with Crippen LogP contribution in [0.2, 0.25) is 0 Å². The van der Waals surface area contributed by atoms with Crippen molar-refractivity contribution in [3.63, 3.8) is 0 Å². The lowest BCUT2D eigenvalue weighted by Gasteiger charge is -2.17. The van der Waals surface area contributed by atoms with Crippen LogP contribution < -0.4 is 4.74 Å². The molecule has 0 fully saturated rings. The van der Waals surface area contributed by atoms with Gasteiger partial charge in [-0.05, 0) is 12.1 Å². The Morgan fingerprint density at radius 1 is 1.31 bits per heavy atom. The summed E-state index contributed by atoms with van der Waals surface area (Å²) >= 11 is 5.30. The predicted molar refractivity (Wildman–Crippen MR) is 54.6 cm³/mol. The van der Waals surface area contributed by atoms with E-state index in [4.69, 9.17) is 11.6 Å². The Morgan fingerprint density at radius 3 is 2.44 bits per heavy atom. The first-order valence-corrected chi connectivity index (χ1v) is 5.00. The fourth-order valence-corrected chi connectivity index (χ4v) is 1.39. The molecule has 0 aliphatic carbocycles. The molecule has 0 radical (unpaired) electrons. The molecule has 90 valence electrons. The Balaban J connectivity index is 3.11. The maximum atomic E-state index is 13.4. The molecular formula is C10H11ClF2O3. The molecule has 0 spiro atoms. The highest BCUT2D eigenvalue weighted by molar-refractivity contribution is 6.18. The van der Waals surface area contributed by atoms with Gasteiger partial charge in [0.05, 0.1) is 19.1 Å². The minimum Gasteiger partial charge on any atom is -0.494 e. The summed E-state index contributed by atoms with van der Waals surface area (Å²) in [4.78, 5) is 0. The smallest absolute Gasteiger partial charge is 0.200 e. The van der Waals surface area contributed by atoms with Crippen LogP contribution in [-0.2, 0) is 0 Å². The maximum absolute atomic E-state index is 13.4. The molecule has 0 saturated heterocycles. The van der Waals surface area contributed by atoms with Crippen molar-refractivity contribution in [2.45, 2.75) is 12.2 Å². The van der Waals surface area contributed by atoms with Gasteiger partial charge in [0, 0.05) is 5.56 Å². The number of methoxy groups -OCH3 is 1. The minimum absolute atomic E-state index is 0.270. The largest absolute Gasteiger partial charge is 0.494 e. The summed E-state index contributed by atoms with van der Waals surface area (Å²) in [5, 5.41) is 18.7. The normalized spacial score (nSPS) is 14.6. The average Bonchev–Trinajstić information content (AvgIpc) is 2.30. The van der Waals surface area contributed by atoms with Crippen LogP contribution >= 0.6 is 11.6 Å². The Labute approximate surface area is 96.2 Å². The lowest BCUT2D eigenvalue weighted by atomic mass is 10.0. The van der Waals surface area contributed by atoms with Crippen LogP contribution in [0.5, 0.6) is 5.75 Å². The summed E-state index contributed by atoms with van der Waals surface area (Å²) in [6.07, 6.45) is -2.93. The van der Waals surface area contributed by atoms with E-state index in [9.17, 15) is 19.0 Å². The van der Waals surface area contributed by atoms with Crippen molar-refractivity contribution < 1.29 is 23.7 Å². The predicted octanol–water partition coefficient (Wildman–Crippen LogP) is 1.61. The second-order valence-corrected chi connectivity index (χ2v) is 3.46.